The first kappa shape index (κ1) is 28.3. The molecule has 3 heteroatoms. The number of hydrogen-bond acceptors (Lipinski definition) is 3. The summed E-state index contributed by atoms with van der Waals surface area (Å²) in [4.78, 5) is 30.1. The van der Waals surface area contributed by atoms with Crippen molar-refractivity contribution < 1.29 is 9.59 Å². The van der Waals surface area contributed by atoms with Gasteiger partial charge >= 0.3 is 0 Å². The van der Waals surface area contributed by atoms with E-state index in [0.717, 1.165) is 31.3 Å². The number of carbonyl (C=O) groups is 2. The number of rotatable bonds is 5. The molecule has 5 aliphatic rings. The largest absolute Gasteiger partial charge is 0.298 e. The molecule has 0 spiro atoms. The van der Waals surface area contributed by atoms with Gasteiger partial charge in [-0.25, -0.2) is 0 Å². The Labute approximate surface area is 233 Å². The van der Waals surface area contributed by atoms with Gasteiger partial charge in [-0.2, -0.15) is 0 Å². The van der Waals surface area contributed by atoms with Crippen molar-refractivity contribution >= 4 is 11.6 Å². The third-order valence-corrected chi connectivity index (χ3v) is 13.7. The number of fused-ring (bicyclic) bond motifs is 5. The average Bonchev–Trinajstić information content (AvgIpc) is 3.40. The van der Waals surface area contributed by atoms with Gasteiger partial charge in [-0.15, -0.1) is 0 Å². The molecule has 1 heterocycles. The van der Waals surface area contributed by atoms with Gasteiger partial charge in [0.2, 0.25) is 0 Å². The molecule has 4 aliphatic carbocycles. The van der Waals surface area contributed by atoms with Gasteiger partial charge in [0.05, 0.1) is 0 Å². The summed E-state index contributed by atoms with van der Waals surface area (Å²) in [6.07, 6.45) is 16.2. The van der Waals surface area contributed by atoms with Crippen molar-refractivity contribution in [2.75, 3.05) is 13.1 Å². The van der Waals surface area contributed by atoms with Crippen molar-refractivity contribution in [2.45, 2.75) is 132 Å². The molecular weight excluding hydrogens is 466 g/mol. The van der Waals surface area contributed by atoms with E-state index in [-0.39, 0.29) is 50.2 Å². The second-order valence-corrected chi connectivity index (χ2v) is 16.1. The van der Waals surface area contributed by atoms with Gasteiger partial charge in [-0.05, 0) is 125 Å². The quantitative estimate of drug-likeness (QED) is 0.365. The zero-order valence-electron chi connectivity index (χ0n) is 26.1. The van der Waals surface area contributed by atoms with Gasteiger partial charge in [0.15, 0.2) is 11.6 Å². The van der Waals surface area contributed by atoms with Crippen LogP contribution in [0.2, 0.25) is 0 Å². The molecule has 212 valence electrons. The summed E-state index contributed by atoms with van der Waals surface area (Å²) >= 11 is 0. The molecule has 0 N–H and O–H groups in total. The average molecular weight is 522 g/mol. The molecule has 3 fully saturated rings. The normalized spacial score (nSPS) is 44.4. The Kier molecular flexibility index (Phi) is 6.62. The lowest BCUT2D eigenvalue weighted by Gasteiger charge is -2.66. The molecule has 0 aromatic carbocycles. The Bertz CT molecular complexity index is 1080. The van der Waals surface area contributed by atoms with E-state index < -0.39 is 0 Å². The number of ketones is 2. The molecule has 0 aromatic rings. The molecule has 7 atom stereocenters. The van der Waals surface area contributed by atoms with Crippen molar-refractivity contribution in [3.05, 3.63) is 23.3 Å². The highest BCUT2D eigenvalue weighted by Crippen LogP contribution is 2.72. The monoisotopic (exact) mass is 521 g/mol. The standard InChI is InChI=1S/C35H55NO2/c1-10-32(6,36-19-11-12-20-36)17-15-31(5)16-18-34(8)25(23-31)26(37)21-28-33(7)22-24(2)29(38)30(3,4)27(33)13-14-35(28,34)9/h21-22,25,27H,10-20,23H2,1-9H3/t25-,27-,31+,32+,33-,34?,35+/m0/s1. The molecule has 1 aliphatic heterocycles. The maximum absolute atomic E-state index is 14.1. The smallest absolute Gasteiger partial charge is 0.164 e. The van der Waals surface area contributed by atoms with E-state index >= 15 is 0 Å². The summed E-state index contributed by atoms with van der Waals surface area (Å²) in [5, 5.41) is 0. The minimum atomic E-state index is -0.386. The summed E-state index contributed by atoms with van der Waals surface area (Å²) in [5.41, 5.74) is 2.11. The number of likely N-dealkylation sites (tertiary alicyclic amines) is 1. The second kappa shape index (κ2) is 8.89. The van der Waals surface area contributed by atoms with Gasteiger partial charge in [-0.1, -0.05) is 60.1 Å². The molecule has 0 bridgehead atoms. The van der Waals surface area contributed by atoms with Gasteiger partial charge in [-0.3, -0.25) is 14.5 Å². The van der Waals surface area contributed by atoms with Crippen LogP contribution in [0.4, 0.5) is 0 Å². The van der Waals surface area contributed by atoms with Gasteiger partial charge in [0.25, 0.3) is 0 Å². The van der Waals surface area contributed by atoms with Gasteiger partial charge in [0, 0.05) is 22.3 Å². The van der Waals surface area contributed by atoms with Gasteiger partial charge < -0.3 is 0 Å². The fourth-order valence-corrected chi connectivity index (χ4v) is 10.5. The number of Topliss-reactive ketones (excluding diaryl/α,β-unsaturated/α-hetero) is 1. The third-order valence-electron chi connectivity index (χ3n) is 13.7. The van der Waals surface area contributed by atoms with Crippen molar-refractivity contribution in [1.82, 2.24) is 4.90 Å². The van der Waals surface area contributed by atoms with Crippen molar-refractivity contribution in [3.8, 4) is 0 Å². The van der Waals surface area contributed by atoms with Crippen LogP contribution in [0.5, 0.6) is 0 Å². The molecule has 2 saturated carbocycles. The lowest BCUT2D eigenvalue weighted by Crippen LogP contribution is -2.61. The zero-order chi connectivity index (χ0) is 27.9. The first-order chi connectivity index (χ1) is 17.6. The lowest BCUT2D eigenvalue weighted by molar-refractivity contribution is -0.146. The first-order valence-corrected chi connectivity index (χ1v) is 15.8. The number of carbonyl (C=O) groups excluding carboxylic acids is 2. The summed E-state index contributed by atoms with van der Waals surface area (Å²) < 4.78 is 0. The Balaban J connectivity index is 1.45. The summed E-state index contributed by atoms with van der Waals surface area (Å²) in [6, 6.07) is 0. The minimum Gasteiger partial charge on any atom is -0.298 e. The number of allylic oxidation sites excluding steroid dienone is 4. The molecule has 1 saturated heterocycles. The maximum Gasteiger partial charge on any atom is 0.164 e. The molecule has 0 radical (unpaired) electrons. The van der Waals surface area contributed by atoms with E-state index in [4.69, 9.17) is 0 Å². The van der Waals surface area contributed by atoms with Crippen LogP contribution in [-0.4, -0.2) is 35.1 Å². The predicted molar refractivity (Wildman–Crippen MR) is 157 cm³/mol. The lowest BCUT2D eigenvalue weighted by atomic mass is 9.37. The van der Waals surface area contributed by atoms with Crippen LogP contribution in [0.3, 0.4) is 0 Å². The fourth-order valence-electron chi connectivity index (χ4n) is 10.5. The van der Waals surface area contributed by atoms with Crippen LogP contribution < -0.4 is 0 Å². The van der Waals surface area contributed by atoms with Crippen LogP contribution in [-0.2, 0) is 9.59 Å². The molecule has 1 unspecified atom stereocenters. The highest BCUT2D eigenvalue weighted by molar-refractivity contribution is 6.01. The summed E-state index contributed by atoms with van der Waals surface area (Å²) in [6.45, 7) is 23.4. The highest BCUT2D eigenvalue weighted by Gasteiger charge is 2.66. The van der Waals surface area contributed by atoms with Crippen molar-refractivity contribution in [3.63, 3.8) is 0 Å². The van der Waals surface area contributed by atoms with Crippen LogP contribution in [0.15, 0.2) is 23.3 Å². The Morgan fingerprint density at radius 3 is 2.29 bits per heavy atom. The number of hydrogen-bond donors (Lipinski definition) is 0. The van der Waals surface area contributed by atoms with Crippen LogP contribution >= 0.6 is 0 Å². The maximum atomic E-state index is 14.1. The summed E-state index contributed by atoms with van der Waals surface area (Å²) in [5.74, 6) is 1.02. The van der Waals surface area contributed by atoms with Crippen LogP contribution in [0, 0.1) is 38.9 Å². The van der Waals surface area contributed by atoms with Crippen molar-refractivity contribution in [1.29, 1.82) is 0 Å². The first-order valence-electron chi connectivity index (χ1n) is 15.8. The SMILES string of the molecule is CC[C@](C)(CC[C@]1(C)CCC2(C)[C@@H](C1)C(=O)C=C1[C@@]3(C)C=C(C)C(=O)C(C)(C)[C@@H]3CC[C@]12C)N1CCCC1. The highest BCUT2D eigenvalue weighted by atomic mass is 16.1. The van der Waals surface area contributed by atoms with E-state index in [0.29, 0.717) is 5.78 Å². The van der Waals surface area contributed by atoms with Crippen molar-refractivity contribution in [2.24, 2.45) is 38.9 Å². The van der Waals surface area contributed by atoms with Crippen LogP contribution in [0.25, 0.3) is 0 Å². The topological polar surface area (TPSA) is 37.4 Å². The van der Waals surface area contributed by atoms with E-state index in [1.807, 2.05) is 6.92 Å². The summed E-state index contributed by atoms with van der Waals surface area (Å²) in [7, 11) is 0. The minimum absolute atomic E-state index is 0.00110. The molecule has 0 aromatic heterocycles. The Morgan fingerprint density at radius 1 is 1.00 bits per heavy atom. The Morgan fingerprint density at radius 2 is 1.66 bits per heavy atom. The third kappa shape index (κ3) is 3.83. The van der Waals surface area contributed by atoms with E-state index in [1.54, 1.807) is 0 Å². The second-order valence-electron chi connectivity index (χ2n) is 16.1. The van der Waals surface area contributed by atoms with E-state index in [1.165, 1.54) is 57.2 Å². The molecule has 38 heavy (non-hydrogen) atoms. The molecule has 0 amide bonds. The molecule has 3 nitrogen and oxygen atoms in total. The fraction of sp³-hybridized carbons (Fsp3) is 0.829. The molecular formula is C35H55NO2. The molecule has 5 rings (SSSR count). The number of nitrogens with zero attached hydrogens (tertiary/aromatic N) is 1. The van der Waals surface area contributed by atoms with Gasteiger partial charge in [0.1, 0.15) is 0 Å². The Hall–Kier alpha value is -1.22. The van der Waals surface area contributed by atoms with E-state index in [2.05, 4.69) is 72.4 Å². The zero-order valence-corrected chi connectivity index (χ0v) is 26.1. The predicted octanol–water partition coefficient (Wildman–Crippen LogP) is 8.33. The van der Waals surface area contributed by atoms with Crippen LogP contribution in [0.1, 0.15) is 127 Å². The van der Waals surface area contributed by atoms with E-state index in [9.17, 15) is 9.59 Å².